The lowest BCUT2D eigenvalue weighted by molar-refractivity contribution is -0.143. The number of carbonyl (C=O) groups excluding carboxylic acids is 1. The number of amides is 1. The van der Waals surface area contributed by atoms with Crippen molar-refractivity contribution >= 4 is 27.9 Å². The molecule has 2 unspecified atom stereocenters. The van der Waals surface area contributed by atoms with E-state index in [-0.39, 0.29) is 30.0 Å². The fourth-order valence-electron chi connectivity index (χ4n) is 3.20. The van der Waals surface area contributed by atoms with E-state index in [0.717, 1.165) is 4.31 Å². The van der Waals surface area contributed by atoms with E-state index in [1.165, 1.54) is 32.4 Å². The summed E-state index contributed by atoms with van der Waals surface area (Å²) in [5.74, 6) is -2.83. The predicted octanol–water partition coefficient (Wildman–Crippen LogP) is 0.291. The Kier molecular flexibility index (Phi) is 7.62. The lowest BCUT2D eigenvalue weighted by Crippen LogP contribution is -2.50. The third kappa shape index (κ3) is 5.19. The summed E-state index contributed by atoms with van der Waals surface area (Å²) in [6, 6.07) is 1.52. The highest BCUT2D eigenvalue weighted by molar-refractivity contribution is 7.89. The summed E-state index contributed by atoms with van der Waals surface area (Å²) in [6.45, 7) is 0.0849. The van der Waals surface area contributed by atoms with Crippen LogP contribution in [-0.2, 0) is 24.4 Å². The lowest BCUT2D eigenvalue weighted by Gasteiger charge is -2.25. The molecule has 1 aromatic carbocycles. The number of hydrogen-bond acceptors (Lipinski definition) is 7. The van der Waals surface area contributed by atoms with Gasteiger partial charge < -0.3 is 25.0 Å². The van der Waals surface area contributed by atoms with Crippen LogP contribution in [-0.4, -0.2) is 73.6 Å². The van der Waals surface area contributed by atoms with Crippen molar-refractivity contribution in [1.82, 2.24) is 9.62 Å². The van der Waals surface area contributed by atoms with Gasteiger partial charge in [-0.2, -0.15) is 4.31 Å². The number of aliphatic carboxylic acids is 2. The Morgan fingerprint density at radius 1 is 1.20 bits per heavy atom. The molecular weight excluding hydrogens is 420 g/mol. The van der Waals surface area contributed by atoms with Crippen LogP contribution in [0.3, 0.4) is 0 Å². The van der Waals surface area contributed by atoms with Crippen LogP contribution in [0, 0.1) is 0 Å². The van der Waals surface area contributed by atoms with Crippen molar-refractivity contribution in [2.24, 2.45) is 0 Å². The van der Waals surface area contributed by atoms with Crippen LogP contribution in [0.25, 0.3) is 0 Å². The Bertz CT molecular complexity index is 916. The highest BCUT2D eigenvalue weighted by Gasteiger charge is 2.40. The predicted molar refractivity (Wildman–Crippen MR) is 103 cm³/mol. The van der Waals surface area contributed by atoms with Gasteiger partial charge in [0.05, 0.1) is 19.1 Å². The molecule has 1 aromatic rings. The molecule has 11 nitrogen and oxygen atoms in total. The number of nitrogens with zero attached hydrogens (tertiary/aromatic N) is 1. The number of ether oxygens (including phenoxy) is 2. The molecule has 0 saturated carbocycles. The van der Waals surface area contributed by atoms with Crippen LogP contribution < -0.4 is 14.8 Å². The Labute approximate surface area is 173 Å². The van der Waals surface area contributed by atoms with Gasteiger partial charge in [0.1, 0.15) is 12.1 Å². The first-order valence-electron chi connectivity index (χ1n) is 9.10. The van der Waals surface area contributed by atoms with Gasteiger partial charge in [0, 0.05) is 19.0 Å². The molecule has 2 atom stereocenters. The summed E-state index contributed by atoms with van der Waals surface area (Å²) >= 11 is 0. The van der Waals surface area contributed by atoms with Crippen LogP contribution >= 0.6 is 0 Å². The van der Waals surface area contributed by atoms with Crippen molar-refractivity contribution in [3.8, 4) is 11.5 Å². The van der Waals surface area contributed by atoms with E-state index in [0.29, 0.717) is 12.2 Å². The summed E-state index contributed by atoms with van der Waals surface area (Å²) < 4.78 is 37.5. The first-order chi connectivity index (χ1) is 14.1. The largest absolute Gasteiger partial charge is 0.493 e. The second kappa shape index (κ2) is 9.76. The van der Waals surface area contributed by atoms with Crippen molar-refractivity contribution in [2.75, 3.05) is 20.8 Å². The molecule has 166 valence electrons. The van der Waals surface area contributed by atoms with E-state index in [2.05, 4.69) is 5.32 Å². The number of methoxy groups -OCH3 is 2. The zero-order valence-electron chi connectivity index (χ0n) is 16.5. The normalized spacial score (nSPS) is 17.9. The fraction of sp³-hybridized carbons (Fsp3) is 0.500. The maximum Gasteiger partial charge on any atom is 0.326 e. The second-order valence-electron chi connectivity index (χ2n) is 6.62. The minimum absolute atomic E-state index is 0.0849. The molecule has 0 aliphatic carbocycles. The number of carboxylic acid groups (broad SMARTS) is 2. The monoisotopic (exact) mass is 444 g/mol. The van der Waals surface area contributed by atoms with Gasteiger partial charge in [0.15, 0.2) is 11.5 Å². The van der Waals surface area contributed by atoms with Crippen LogP contribution in [0.15, 0.2) is 23.1 Å². The minimum atomic E-state index is -4.08. The van der Waals surface area contributed by atoms with Gasteiger partial charge in [-0.05, 0) is 31.4 Å². The van der Waals surface area contributed by atoms with E-state index in [1.54, 1.807) is 0 Å². The first kappa shape index (κ1) is 23.4. The first-order valence-corrected chi connectivity index (χ1v) is 10.5. The van der Waals surface area contributed by atoms with Gasteiger partial charge in [0.2, 0.25) is 15.9 Å². The molecular formula is C18H24N2O9S. The second-order valence-corrected chi connectivity index (χ2v) is 8.51. The van der Waals surface area contributed by atoms with Crippen molar-refractivity contribution < 1.29 is 42.5 Å². The molecule has 0 spiro atoms. The van der Waals surface area contributed by atoms with Gasteiger partial charge in [-0.1, -0.05) is 0 Å². The van der Waals surface area contributed by atoms with E-state index < -0.39 is 46.4 Å². The molecule has 30 heavy (non-hydrogen) atoms. The Hall–Kier alpha value is -2.86. The summed E-state index contributed by atoms with van der Waals surface area (Å²) in [6.07, 6.45) is -0.137. The number of carboxylic acids is 2. The lowest BCUT2D eigenvalue weighted by atomic mass is 10.1. The van der Waals surface area contributed by atoms with Crippen molar-refractivity contribution in [3.63, 3.8) is 0 Å². The summed E-state index contributed by atoms with van der Waals surface area (Å²) in [7, 11) is -1.30. The minimum Gasteiger partial charge on any atom is -0.493 e. The standard InChI is InChI=1S/C18H24N2O9S/c1-28-14-7-5-11(10-15(14)29-2)30(26,27)20-9-3-4-13(20)17(23)19-12(18(24)25)6-8-16(21)22/h5,7,10,12-13H,3-4,6,8-9H2,1-2H3,(H,19,23)(H,21,22)(H,24,25). The van der Waals surface area contributed by atoms with Crippen molar-refractivity contribution in [1.29, 1.82) is 0 Å². The molecule has 0 radical (unpaired) electrons. The molecule has 1 aliphatic rings. The zero-order valence-corrected chi connectivity index (χ0v) is 17.3. The molecule has 1 amide bonds. The highest BCUT2D eigenvalue weighted by Crippen LogP contribution is 2.33. The number of benzene rings is 1. The van der Waals surface area contributed by atoms with E-state index >= 15 is 0 Å². The van der Waals surface area contributed by atoms with E-state index in [1.807, 2.05) is 0 Å². The Morgan fingerprint density at radius 3 is 2.43 bits per heavy atom. The maximum atomic E-state index is 13.1. The van der Waals surface area contributed by atoms with Gasteiger partial charge >= 0.3 is 11.9 Å². The summed E-state index contributed by atoms with van der Waals surface area (Å²) in [5.41, 5.74) is 0. The van der Waals surface area contributed by atoms with Crippen LogP contribution in [0.5, 0.6) is 11.5 Å². The molecule has 3 N–H and O–H groups in total. The Morgan fingerprint density at radius 2 is 1.87 bits per heavy atom. The number of nitrogens with one attached hydrogen (secondary N) is 1. The molecule has 1 fully saturated rings. The van der Waals surface area contributed by atoms with Crippen molar-refractivity contribution in [2.45, 2.75) is 42.7 Å². The number of carbonyl (C=O) groups is 3. The maximum absolute atomic E-state index is 13.1. The van der Waals surface area contributed by atoms with Crippen LogP contribution in [0.4, 0.5) is 0 Å². The zero-order chi connectivity index (χ0) is 22.5. The SMILES string of the molecule is COc1ccc(S(=O)(=O)N2CCCC2C(=O)NC(CCC(=O)O)C(=O)O)cc1OC. The van der Waals surface area contributed by atoms with Gasteiger partial charge in [-0.15, -0.1) is 0 Å². The number of sulfonamides is 1. The van der Waals surface area contributed by atoms with Crippen LogP contribution in [0.1, 0.15) is 25.7 Å². The average molecular weight is 444 g/mol. The fourth-order valence-corrected chi connectivity index (χ4v) is 4.87. The number of rotatable bonds is 10. The molecule has 0 aromatic heterocycles. The molecule has 1 heterocycles. The van der Waals surface area contributed by atoms with Gasteiger partial charge in [-0.25, -0.2) is 13.2 Å². The van der Waals surface area contributed by atoms with Gasteiger partial charge in [0.25, 0.3) is 0 Å². The summed E-state index contributed by atoms with van der Waals surface area (Å²) in [5, 5.41) is 20.2. The highest BCUT2D eigenvalue weighted by atomic mass is 32.2. The van der Waals surface area contributed by atoms with E-state index in [9.17, 15) is 27.9 Å². The molecule has 2 rings (SSSR count). The average Bonchev–Trinajstić information content (AvgIpc) is 3.20. The molecule has 1 aliphatic heterocycles. The topological polar surface area (TPSA) is 160 Å². The van der Waals surface area contributed by atoms with Crippen LogP contribution in [0.2, 0.25) is 0 Å². The Balaban J connectivity index is 2.24. The van der Waals surface area contributed by atoms with Gasteiger partial charge in [-0.3, -0.25) is 9.59 Å². The molecule has 1 saturated heterocycles. The number of hydrogen-bond donors (Lipinski definition) is 3. The summed E-state index contributed by atoms with van der Waals surface area (Å²) in [4.78, 5) is 34.6. The van der Waals surface area contributed by atoms with E-state index in [4.69, 9.17) is 14.6 Å². The molecule has 12 heteroatoms. The third-order valence-electron chi connectivity index (χ3n) is 4.73. The van der Waals surface area contributed by atoms with Crippen molar-refractivity contribution in [3.05, 3.63) is 18.2 Å². The molecule has 0 bridgehead atoms. The smallest absolute Gasteiger partial charge is 0.326 e. The third-order valence-corrected chi connectivity index (χ3v) is 6.63. The quantitative estimate of drug-likeness (QED) is 0.461.